The predicted molar refractivity (Wildman–Crippen MR) is 85.5 cm³/mol. The predicted octanol–water partition coefficient (Wildman–Crippen LogP) is 3.88. The van der Waals surface area contributed by atoms with Crippen LogP contribution in [0.25, 0.3) is 10.9 Å². The van der Waals surface area contributed by atoms with Crippen molar-refractivity contribution in [3.8, 4) is 0 Å². The minimum Gasteiger partial charge on any atom is -0.467 e. The molecule has 2 aromatic heterocycles. The highest BCUT2D eigenvalue weighted by Gasteiger charge is 2.20. The Morgan fingerprint density at radius 3 is 2.77 bits per heavy atom. The molecular formula is C18H18N2O2. The fraction of sp³-hybridized carbons (Fsp3) is 0.222. The minimum absolute atomic E-state index is 0.0374. The van der Waals surface area contributed by atoms with Crippen molar-refractivity contribution >= 4 is 16.8 Å². The Labute approximate surface area is 129 Å². The zero-order valence-corrected chi connectivity index (χ0v) is 12.7. The molecule has 0 saturated carbocycles. The number of hydrogen-bond acceptors (Lipinski definition) is 3. The van der Waals surface area contributed by atoms with E-state index in [0.29, 0.717) is 12.1 Å². The van der Waals surface area contributed by atoms with Gasteiger partial charge in [0.2, 0.25) is 0 Å². The highest BCUT2D eigenvalue weighted by molar-refractivity contribution is 5.97. The average Bonchev–Trinajstić information content (AvgIpc) is 3.04. The van der Waals surface area contributed by atoms with E-state index in [0.717, 1.165) is 16.7 Å². The maximum absolute atomic E-state index is 12.8. The summed E-state index contributed by atoms with van der Waals surface area (Å²) in [7, 11) is 0. The van der Waals surface area contributed by atoms with Crippen molar-refractivity contribution in [2.24, 2.45) is 0 Å². The fourth-order valence-corrected chi connectivity index (χ4v) is 2.41. The van der Waals surface area contributed by atoms with Crippen LogP contribution in [0.3, 0.4) is 0 Å². The Balaban J connectivity index is 1.91. The molecule has 0 radical (unpaired) electrons. The van der Waals surface area contributed by atoms with Gasteiger partial charge in [-0.1, -0.05) is 18.2 Å². The highest BCUT2D eigenvalue weighted by atomic mass is 16.3. The summed E-state index contributed by atoms with van der Waals surface area (Å²) >= 11 is 0. The summed E-state index contributed by atoms with van der Waals surface area (Å²) in [6.07, 6.45) is 3.26. The topological polar surface area (TPSA) is 46.3 Å². The smallest absolute Gasteiger partial charge is 0.256 e. The summed E-state index contributed by atoms with van der Waals surface area (Å²) in [6, 6.07) is 13.5. The molecule has 0 aliphatic rings. The van der Waals surface area contributed by atoms with Crippen molar-refractivity contribution in [3.05, 3.63) is 66.2 Å². The first kappa shape index (κ1) is 14.3. The van der Waals surface area contributed by atoms with E-state index in [1.807, 2.05) is 56.3 Å². The molecule has 112 valence electrons. The summed E-state index contributed by atoms with van der Waals surface area (Å²) in [6.45, 7) is 4.45. The molecule has 0 fully saturated rings. The Hall–Kier alpha value is -2.62. The summed E-state index contributed by atoms with van der Waals surface area (Å²) in [5.74, 6) is 0.737. The Kier molecular flexibility index (Phi) is 3.92. The third kappa shape index (κ3) is 2.86. The number of amides is 1. The quantitative estimate of drug-likeness (QED) is 0.733. The van der Waals surface area contributed by atoms with E-state index >= 15 is 0 Å². The lowest BCUT2D eigenvalue weighted by molar-refractivity contribution is 0.0676. The number of rotatable bonds is 4. The lowest BCUT2D eigenvalue weighted by atomic mass is 10.1. The van der Waals surface area contributed by atoms with Gasteiger partial charge in [0.1, 0.15) is 5.76 Å². The number of benzene rings is 1. The van der Waals surface area contributed by atoms with Crippen molar-refractivity contribution in [1.82, 2.24) is 9.88 Å². The van der Waals surface area contributed by atoms with Crippen molar-refractivity contribution in [2.75, 3.05) is 0 Å². The summed E-state index contributed by atoms with van der Waals surface area (Å²) in [5, 5.41) is 0.968. The lowest BCUT2D eigenvalue weighted by Gasteiger charge is -2.25. The number of carbonyl (C=O) groups excluding carboxylic acids is 1. The number of hydrogen-bond donors (Lipinski definition) is 0. The Morgan fingerprint density at radius 1 is 1.23 bits per heavy atom. The van der Waals surface area contributed by atoms with Gasteiger partial charge in [0.25, 0.3) is 5.91 Å². The normalized spacial score (nSPS) is 11.0. The van der Waals surface area contributed by atoms with Crippen LogP contribution in [0.2, 0.25) is 0 Å². The average molecular weight is 294 g/mol. The number of nitrogens with zero attached hydrogens (tertiary/aromatic N) is 2. The molecule has 0 aliphatic heterocycles. The summed E-state index contributed by atoms with van der Waals surface area (Å²) in [5.41, 5.74) is 1.49. The second-order valence-corrected chi connectivity index (χ2v) is 5.52. The van der Waals surface area contributed by atoms with Gasteiger partial charge in [-0.15, -0.1) is 0 Å². The highest BCUT2D eigenvalue weighted by Crippen LogP contribution is 2.17. The van der Waals surface area contributed by atoms with Gasteiger partial charge in [0.05, 0.1) is 23.9 Å². The molecule has 2 heterocycles. The van der Waals surface area contributed by atoms with Crippen molar-refractivity contribution in [1.29, 1.82) is 0 Å². The molecule has 0 saturated heterocycles. The van der Waals surface area contributed by atoms with Crippen LogP contribution in [0, 0.1) is 0 Å². The molecule has 1 amide bonds. The molecule has 22 heavy (non-hydrogen) atoms. The maximum atomic E-state index is 12.8. The summed E-state index contributed by atoms with van der Waals surface area (Å²) < 4.78 is 5.36. The molecule has 1 aromatic carbocycles. The van der Waals surface area contributed by atoms with Crippen molar-refractivity contribution in [2.45, 2.75) is 26.4 Å². The van der Waals surface area contributed by atoms with Gasteiger partial charge in [0, 0.05) is 17.6 Å². The van der Waals surface area contributed by atoms with Crippen molar-refractivity contribution < 1.29 is 9.21 Å². The van der Waals surface area contributed by atoms with Gasteiger partial charge in [-0.3, -0.25) is 9.78 Å². The molecule has 0 N–H and O–H groups in total. The largest absolute Gasteiger partial charge is 0.467 e. The third-order valence-electron chi connectivity index (χ3n) is 3.63. The minimum atomic E-state index is -0.0374. The SMILES string of the molecule is CC(C)N(Cc1ccco1)C(=O)c1cnc2ccccc2c1. The second kappa shape index (κ2) is 6.02. The molecule has 0 spiro atoms. The van der Waals surface area contributed by atoms with Gasteiger partial charge in [0.15, 0.2) is 0 Å². The molecule has 4 nitrogen and oxygen atoms in total. The standard InChI is InChI=1S/C18H18N2O2/c1-13(2)20(12-16-7-5-9-22-16)18(21)15-10-14-6-3-4-8-17(14)19-11-15/h3-11,13H,12H2,1-2H3. The third-order valence-corrected chi connectivity index (χ3v) is 3.63. The molecule has 3 rings (SSSR count). The lowest BCUT2D eigenvalue weighted by Crippen LogP contribution is -2.36. The summed E-state index contributed by atoms with van der Waals surface area (Å²) in [4.78, 5) is 19.0. The molecule has 0 bridgehead atoms. The number of furan rings is 1. The van der Waals surface area contributed by atoms with Crippen molar-refractivity contribution in [3.63, 3.8) is 0 Å². The van der Waals surface area contributed by atoms with Crippen LogP contribution >= 0.6 is 0 Å². The van der Waals surface area contributed by atoms with Crippen LogP contribution < -0.4 is 0 Å². The molecule has 3 aromatic rings. The monoisotopic (exact) mass is 294 g/mol. The van der Waals surface area contributed by atoms with E-state index in [1.165, 1.54) is 0 Å². The molecule has 0 aliphatic carbocycles. The second-order valence-electron chi connectivity index (χ2n) is 5.52. The number of carbonyl (C=O) groups is 1. The molecule has 0 atom stereocenters. The van der Waals surface area contributed by atoms with Crippen LogP contribution in [-0.2, 0) is 6.54 Å². The van der Waals surface area contributed by atoms with E-state index in [4.69, 9.17) is 4.42 Å². The zero-order valence-electron chi connectivity index (χ0n) is 12.7. The first-order chi connectivity index (χ1) is 10.6. The van der Waals surface area contributed by atoms with E-state index in [1.54, 1.807) is 17.4 Å². The van der Waals surface area contributed by atoms with Crippen LogP contribution in [0.1, 0.15) is 30.0 Å². The number of fused-ring (bicyclic) bond motifs is 1. The van der Waals surface area contributed by atoms with Crippen LogP contribution in [0.15, 0.2) is 59.3 Å². The van der Waals surface area contributed by atoms with E-state index in [2.05, 4.69) is 4.98 Å². The van der Waals surface area contributed by atoms with Crippen LogP contribution in [-0.4, -0.2) is 21.8 Å². The first-order valence-corrected chi connectivity index (χ1v) is 7.33. The fourth-order valence-electron chi connectivity index (χ4n) is 2.41. The maximum Gasteiger partial charge on any atom is 0.256 e. The van der Waals surface area contributed by atoms with Gasteiger partial charge in [-0.2, -0.15) is 0 Å². The Bertz CT molecular complexity index is 779. The molecule has 0 unspecified atom stereocenters. The molecule has 4 heteroatoms. The number of pyridine rings is 1. The van der Waals surface area contributed by atoms with Gasteiger partial charge in [-0.05, 0) is 38.1 Å². The van der Waals surface area contributed by atoms with Crippen LogP contribution in [0.5, 0.6) is 0 Å². The van der Waals surface area contributed by atoms with E-state index in [9.17, 15) is 4.79 Å². The van der Waals surface area contributed by atoms with Crippen LogP contribution in [0.4, 0.5) is 0 Å². The van der Waals surface area contributed by atoms with Gasteiger partial charge in [-0.25, -0.2) is 0 Å². The van der Waals surface area contributed by atoms with Gasteiger partial charge < -0.3 is 9.32 Å². The number of para-hydroxylation sites is 1. The number of aromatic nitrogens is 1. The van der Waals surface area contributed by atoms with E-state index < -0.39 is 0 Å². The van der Waals surface area contributed by atoms with Gasteiger partial charge >= 0.3 is 0 Å². The Morgan fingerprint density at radius 2 is 2.05 bits per heavy atom. The molecular weight excluding hydrogens is 276 g/mol. The zero-order chi connectivity index (χ0) is 15.5. The van der Waals surface area contributed by atoms with E-state index in [-0.39, 0.29) is 11.9 Å². The first-order valence-electron chi connectivity index (χ1n) is 7.33.